The summed E-state index contributed by atoms with van der Waals surface area (Å²) >= 11 is 3.44. The second-order valence-electron chi connectivity index (χ2n) is 4.85. The molecule has 0 spiro atoms. The molecule has 1 N–H and O–H groups in total. The monoisotopic (exact) mass is 319 g/mol. The maximum atomic E-state index is 12.1. The number of hydrogen-bond donors (Lipinski definition) is 1. The number of carbonyl (C=O) groups excluding carboxylic acids is 1. The number of aromatic amines is 1. The number of benzene rings is 1. The van der Waals surface area contributed by atoms with Gasteiger partial charge in [0.05, 0.1) is 12.1 Å². The number of hydrogen-bond acceptors (Lipinski definition) is 4. The van der Waals surface area contributed by atoms with Crippen LogP contribution < -0.4 is 0 Å². The molecule has 1 atom stereocenters. The molecule has 21 heavy (non-hydrogen) atoms. The van der Waals surface area contributed by atoms with E-state index in [4.69, 9.17) is 0 Å². The molecule has 0 aliphatic carbocycles. The number of rotatable bonds is 5. The standard InChI is InChI=1S/C15H17N3OS2/c1-20-13-4-2-11(3-5-13)15-18(14(19)9-21-15)7-6-12-8-16-10-17-12/h2-5,8,10,15H,6-7,9H2,1H3,(H,16,17). The number of nitrogens with zero attached hydrogens (tertiary/aromatic N) is 2. The predicted octanol–water partition coefficient (Wildman–Crippen LogP) is 2.95. The number of imidazole rings is 1. The molecule has 3 rings (SSSR count). The highest BCUT2D eigenvalue weighted by atomic mass is 32.2. The van der Waals surface area contributed by atoms with Gasteiger partial charge in [-0.25, -0.2) is 4.98 Å². The van der Waals surface area contributed by atoms with Gasteiger partial charge in [0.2, 0.25) is 5.91 Å². The Balaban J connectivity index is 1.71. The van der Waals surface area contributed by atoms with Crippen LogP contribution in [-0.2, 0) is 11.2 Å². The van der Waals surface area contributed by atoms with Crippen molar-refractivity contribution in [2.45, 2.75) is 16.7 Å². The second-order valence-corrected chi connectivity index (χ2v) is 6.80. The minimum Gasteiger partial charge on any atom is -0.348 e. The van der Waals surface area contributed by atoms with E-state index in [1.165, 1.54) is 10.5 Å². The van der Waals surface area contributed by atoms with Gasteiger partial charge in [-0.1, -0.05) is 12.1 Å². The number of amides is 1. The van der Waals surface area contributed by atoms with Crippen LogP contribution in [0.25, 0.3) is 0 Å². The first-order chi connectivity index (χ1) is 10.3. The van der Waals surface area contributed by atoms with Gasteiger partial charge in [-0.2, -0.15) is 0 Å². The van der Waals surface area contributed by atoms with E-state index in [2.05, 4.69) is 40.5 Å². The first-order valence-electron chi connectivity index (χ1n) is 6.80. The van der Waals surface area contributed by atoms with Crippen LogP contribution in [0.3, 0.4) is 0 Å². The lowest BCUT2D eigenvalue weighted by molar-refractivity contribution is -0.128. The van der Waals surface area contributed by atoms with Gasteiger partial charge in [0, 0.05) is 29.8 Å². The van der Waals surface area contributed by atoms with Crippen molar-refractivity contribution in [2.75, 3.05) is 18.6 Å². The zero-order valence-corrected chi connectivity index (χ0v) is 13.4. The van der Waals surface area contributed by atoms with Crippen molar-refractivity contribution in [3.8, 4) is 0 Å². The molecule has 4 nitrogen and oxygen atoms in total. The highest BCUT2D eigenvalue weighted by Gasteiger charge is 2.32. The lowest BCUT2D eigenvalue weighted by Crippen LogP contribution is -2.30. The molecule has 1 aromatic heterocycles. The van der Waals surface area contributed by atoms with E-state index in [-0.39, 0.29) is 11.3 Å². The molecule has 6 heteroatoms. The Morgan fingerprint density at radius 3 is 2.90 bits per heavy atom. The van der Waals surface area contributed by atoms with Crippen molar-refractivity contribution in [3.63, 3.8) is 0 Å². The van der Waals surface area contributed by atoms with Crippen LogP contribution in [0.4, 0.5) is 0 Å². The van der Waals surface area contributed by atoms with Crippen molar-refractivity contribution in [2.24, 2.45) is 0 Å². The average molecular weight is 319 g/mol. The maximum absolute atomic E-state index is 12.1. The Morgan fingerprint density at radius 2 is 2.24 bits per heavy atom. The minimum atomic E-state index is 0.135. The summed E-state index contributed by atoms with van der Waals surface area (Å²) in [6.07, 6.45) is 6.37. The molecule has 1 fully saturated rings. The molecule has 0 saturated carbocycles. The van der Waals surface area contributed by atoms with E-state index in [0.717, 1.165) is 18.7 Å². The van der Waals surface area contributed by atoms with Crippen LogP contribution in [0, 0.1) is 0 Å². The Kier molecular flexibility index (Phi) is 4.55. The molecule has 0 radical (unpaired) electrons. The SMILES string of the molecule is CSc1ccc(C2SCC(=O)N2CCc2cnc[nH]2)cc1. The summed E-state index contributed by atoms with van der Waals surface area (Å²) < 4.78 is 0. The summed E-state index contributed by atoms with van der Waals surface area (Å²) in [5.74, 6) is 0.788. The summed E-state index contributed by atoms with van der Waals surface area (Å²) in [6, 6.07) is 8.50. The van der Waals surface area contributed by atoms with Crippen LogP contribution in [-0.4, -0.2) is 39.3 Å². The zero-order valence-electron chi connectivity index (χ0n) is 11.8. The Morgan fingerprint density at radius 1 is 1.43 bits per heavy atom. The predicted molar refractivity (Wildman–Crippen MR) is 87.4 cm³/mol. The third kappa shape index (κ3) is 3.27. The molecule has 1 amide bonds. The quantitative estimate of drug-likeness (QED) is 0.861. The van der Waals surface area contributed by atoms with Gasteiger partial charge >= 0.3 is 0 Å². The highest BCUT2D eigenvalue weighted by molar-refractivity contribution is 8.00. The van der Waals surface area contributed by atoms with Crippen molar-refractivity contribution in [3.05, 3.63) is 48.0 Å². The number of H-pyrrole nitrogens is 1. The van der Waals surface area contributed by atoms with Crippen molar-refractivity contribution in [1.29, 1.82) is 0 Å². The van der Waals surface area contributed by atoms with Crippen molar-refractivity contribution < 1.29 is 4.79 Å². The topological polar surface area (TPSA) is 49.0 Å². The van der Waals surface area contributed by atoms with E-state index in [1.54, 1.807) is 29.9 Å². The van der Waals surface area contributed by atoms with Gasteiger partial charge in [0.25, 0.3) is 0 Å². The van der Waals surface area contributed by atoms with Gasteiger partial charge in [0.15, 0.2) is 0 Å². The third-order valence-corrected chi connectivity index (χ3v) is 5.55. The van der Waals surface area contributed by atoms with E-state index < -0.39 is 0 Å². The average Bonchev–Trinajstić information content (AvgIpc) is 3.15. The molecule has 1 aliphatic rings. The van der Waals surface area contributed by atoms with E-state index in [0.29, 0.717) is 5.75 Å². The summed E-state index contributed by atoms with van der Waals surface area (Å²) in [5, 5.41) is 0.135. The van der Waals surface area contributed by atoms with Gasteiger partial charge in [0.1, 0.15) is 5.37 Å². The van der Waals surface area contributed by atoms with Crippen molar-refractivity contribution in [1.82, 2.24) is 14.9 Å². The number of thioether (sulfide) groups is 2. The Hall–Kier alpha value is -1.40. The summed E-state index contributed by atoms with van der Waals surface area (Å²) in [7, 11) is 0. The molecule has 2 aromatic rings. The molecular formula is C15H17N3OS2. The van der Waals surface area contributed by atoms with Gasteiger partial charge in [-0.15, -0.1) is 23.5 Å². The van der Waals surface area contributed by atoms with Gasteiger partial charge in [-0.05, 0) is 24.0 Å². The summed E-state index contributed by atoms with van der Waals surface area (Å²) in [5.41, 5.74) is 2.27. The maximum Gasteiger partial charge on any atom is 0.233 e. The fourth-order valence-corrected chi connectivity index (χ4v) is 4.03. The van der Waals surface area contributed by atoms with Crippen LogP contribution in [0.15, 0.2) is 41.7 Å². The van der Waals surface area contributed by atoms with E-state index >= 15 is 0 Å². The third-order valence-electron chi connectivity index (χ3n) is 3.55. The first-order valence-corrected chi connectivity index (χ1v) is 9.07. The molecule has 0 bridgehead atoms. The number of carbonyl (C=O) groups is 1. The number of nitrogens with one attached hydrogen (secondary N) is 1. The molecule has 2 heterocycles. The normalized spacial score (nSPS) is 18.4. The van der Waals surface area contributed by atoms with E-state index in [1.807, 2.05) is 11.1 Å². The van der Waals surface area contributed by atoms with Crippen LogP contribution >= 0.6 is 23.5 Å². The minimum absolute atomic E-state index is 0.135. The Labute approximate surface area is 132 Å². The summed E-state index contributed by atoms with van der Waals surface area (Å²) in [6.45, 7) is 0.725. The van der Waals surface area contributed by atoms with Crippen LogP contribution in [0.2, 0.25) is 0 Å². The molecule has 1 aliphatic heterocycles. The van der Waals surface area contributed by atoms with E-state index in [9.17, 15) is 4.79 Å². The fraction of sp³-hybridized carbons (Fsp3) is 0.333. The highest BCUT2D eigenvalue weighted by Crippen LogP contribution is 2.38. The lowest BCUT2D eigenvalue weighted by Gasteiger charge is -2.24. The fourth-order valence-electron chi connectivity index (χ4n) is 2.40. The molecule has 1 aromatic carbocycles. The molecule has 110 valence electrons. The Bertz CT molecular complexity index is 598. The summed E-state index contributed by atoms with van der Waals surface area (Å²) in [4.78, 5) is 22.4. The number of aromatic nitrogens is 2. The van der Waals surface area contributed by atoms with Crippen LogP contribution in [0.1, 0.15) is 16.6 Å². The first kappa shape index (κ1) is 14.5. The largest absolute Gasteiger partial charge is 0.348 e. The molecule has 1 unspecified atom stereocenters. The van der Waals surface area contributed by atoms with Gasteiger partial charge < -0.3 is 9.88 Å². The molecule has 1 saturated heterocycles. The van der Waals surface area contributed by atoms with Crippen LogP contribution in [0.5, 0.6) is 0 Å². The van der Waals surface area contributed by atoms with Crippen molar-refractivity contribution >= 4 is 29.4 Å². The lowest BCUT2D eigenvalue weighted by atomic mass is 10.2. The molecular weight excluding hydrogens is 302 g/mol. The second kappa shape index (κ2) is 6.58. The van der Waals surface area contributed by atoms with Gasteiger partial charge in [-0.3, -0.25) is 4.79 Å². The smallest absolute Gasteiger partial charge is 0.233 e. The zero-order chi connectivity index (χ0) is 14.7.